The van der Waals surface area contributed by atoms with Crippen molar-refractivity contribution in [2.75, 3.05) is 0 Å². The summed E-state index contributed by atoms with van der Waals surface area (Å²) in [5.74, 6) is 5.51. The highest BCUT2D eigenvalue weighted by atomic mass is 35.5. The number of nitrogens with zero attached hydrogens (tertiary/aromatic N) is 2. The zero-order chi connectivity index (χ0) is 8.97. The Morgan fingerprint density at radius 3 is 2.83 bits per heavy atom. The Hall–Kier alpha value is -1.51. The van der Waals surface area contributed by atoms with Gasteiger partial charge in [0.2, 0.25) is 0 Å². The predicted octanol–water partition coefficient (Wildman–Crippen LogP) is 1.98. The van der Waals surface area contributed by atoms with Gasteiger partial charge in [0.1, 0.15) is 6.07 Å². The Morgan fingerprint density at radius 2 is 2.33 bits per heavy atom. The molecule has 2 nitrogen and oxygen atoms in total. The van der Waals surface area contributed by atoms with Gasteiger partial charge < -0.3 is 0 Å². The average molecular weight is 177 g/mol. The van der Waals surface area contributed by atoms with Crippen molar-refractivity contribution in [2.24, 2.45) is 0 Å². The van der Waals surface area contributed by atoms with Crippen molar-refractivity contribution in [3.8, 4) is 17.9 Å². The summed E-state index contributed by atoms with van der Waals surface area (Å²) in [5, 5.41) is 8.85. The lowest BCUT2D eigenvalue weighted by atomic mass is 10.2. The van der Waals surface area contributed by atoms with Crippen LogP contribution in [0.3, 0.4) is 0 Å². The number of pyridine rings is 1. The van der Waals surface area contributed by atoms with Crippen molar-refractivity contribution >= 4 is 11.6 Å². The number of rotatable bonds is 0. The van der Waals surface area contributed by atoms with E-state index in [4.69, 9.17) is 16.9 Å². The molecule has 0 spiro atoms. The van der Waals surface area contributed by atoms with E-state index >= 15 is 0 Å². The maximum absolute atomic E-state index is 8.51. The third-order valence-electron chi connectivity index (χ3n) is 1.22. The second-order valence-electron chi connectivity index (χ2n) is 2.04. The molecule has 0 aliphatic rings. The molecule has 0 aromatic carbocycles. The molecule has 1 rings (SSSR count). The van der Waals surface area contributed by atoms with Gasteiger partial charge in [-0.2, -0.15) is 5.26 Å². The molecular weight excluding hydrogens is 172 g/mol. The molecule has 0 atom stereocenters. The highest BCUT2D eigenvalue weighted by Crippen LogP contribution is 2.13. The maximum atomic E-state index is 8.51. The predicted molar refractivity (Wildman–Crippen MR) is 46.5 cm³/mol. The first-order valence-corrected chi connectivity index (χ1v) is 3.64. The summed E-state index contributed by atoms with van der Waals surface area (Å²) in [7, 11) is 0. The van der Waals surface area contributed by atoms with Crippen molar-refractivity contribution in [1.82, 2.24) is 4.98 Å². The molecule has 0 aliphatic heterocycles. The van der Waals surface area contributed by atoms with Crippen molar-refractivity contribution in [3.63, 3.8) is 0 Å². The van der Waals surface area contributed by atoms with Gasteiger partial charge in [-0.15, -0.1) is 5.92 Å². The van der Waals surface area contributed by atoms with Crippen LogP contribution in [-0.2, 0) is 0 Å². The monoisotopic (exact) mass is 176 g/mol. The average Bonchev–Trinajstić information content (AvgIpc) is 2.05. The highest BCUT2D eigenvalue weighted by molar-refractivity contribution is 6.31. The molecule has 0 saturated carbocycles. The summed E-state index contributed by atoms with van der Waals surface area (Å²) in [5.41, 5.74) is 0.958. The van der Waals surface area contributed by atoms with E-state index in [1.54, 1.807) is 13.0 Å². The van der Waals surface area contributed by atoms with Gasteiger partial charge >= 0.3 is 0 Å². The fraction of sp³-hybridized carbons (Fsp3) is 0.111. The first kappa shape index (κ1) is 8.59. The summed E-state index contributed by atoms with van der Waals surface area (Å²) in [6.45, 7) is 1.73. The quantitative estimate of drug-likeness (QED) is 0.567. The molecule has 0 N–H and O–H groups in total. The molecule has 0 aliphatic carbocycles. The zero-order valence-electron chi connectivity index (χ0n) is 6.43. The Balaban J connectivity index is 3.18. The van der Waals surface area contributed by atoms with Crippen LogP contribution in [0, 0.1) is 23.2 Å². The number of hydrogen-bond acceptors (Lipinski definition) is 2. The van der Waals surface area contributed by atoms with E-state index in [0.29, 0.717) is 5.02 Å². The molecular formula is C9H5ClN2. The smallest absolute Gasteiger partial charge is 0.159 e. The highest BCUT2D eigenvalue weighted by Gasteiger charge is 1.99. The summed E-state index contributed by atoms with van der Waals surface area (Å²) >= 11 is 5.71. The summed E-state index contributed by atoms with van der Waals surface area (Å²) in [6, 6.07) is 3.50. The molecule has 0 saturated heterocycles. The Bertz CT molecular complexity index is 393. The van der Waals surface area contributed by atoms with E-state index in [-0.39, 0.29) is 5.69 Å². The summed E-state index contributed by atoms with van der Waals surface area (Å²) in [4.78, 5) is 3.82. The molecule has 3 heteroatoms. The third kappa shape index (κ3) is 1.75. The number of nitriles is 1. The minimum atomic E-state index is 0.235. The normalized spacial score (nSPS) is 8.08. The van der Waals surface area contributed by atoms with Gasteiger partial charge in [0, 0.05) is 11.8 Å². The van der Waals surface area contributed by atoms with Crippen molar-refractivity contribution in [3.05, 3.63) is 28.5 Å². The van der Waals surface area contributed by atoms with Gasteiger partial charge in [-0.05, 0) is 13.0 Å². The number of aromatic nitrogens is 1. The topological polar surface area (TPSA) is 36.7 Å². The zero-order valence-corrected chi connectivity index (χ0v) is 7.18. The van der Waals surface area contributed by atoms with Gasteiger partial charge in [-0.25, -0.2) is 4.98 Å². The molecule has 1 aromatic heterocycles. The number of hydrogen-bond donors (Lipinski definition) is 0. The SMILES string of the molecule is CC#Cc1cnc(C#N)c(Cl)c1. The largest absolute Gasteiger partial charge is 0.243 e. The van der Waals surface area contributed by atoms with Crippen LogP contribution in [-0.4, -0.2) is 4.98 Å². The van der Waals surface area contributed by atoms with Crippen molar-refractivity contribution in [2.45, 2.75) is 6.92 Å². The lowest BCUT2D eigenvalue weighted by Gasteiger charge is -1.93. The fourth-order valence-corrected chi connectivity index (χ4v) is 0.941. The van der Waals surface area contributed by atoms with Crippen LogP contribution in [0.2, 0.25) is 5.02 Å². The van der Waals surface area contributed by atoms with E-state index < -0.39 is 0 Å². The first-order chi connectivity index (χ1) is 5.77. The van der Waals surface area contributed by atoms with Crippen molar-refractivity contribution < 1.29 is 0 Å². The molecule has 0 bridgehead atoms. The Kier molecular flexibility index (Phi) is 2.69. The van der Waals surface area contributed by atoms with Crippen molar-refractivity contribution in [1.29, 1.82) is 5.26 Å². The lowest BCUT2D eigenvalue weighted by molar-refractivity contribution is 1.25. The van der Waals surface area contributed by atoms with Gasteiger partial charge in [-0.1, -0.05) is 17.5 Å². The molecule has 58 valence electrons. The van der Waals surface area contributed by atoms with Gasteiger partial charge in [0.05, 0.1) is 5.02 Å². The van der Waals surface area contributed by atoms with Gasteiger partial charge in [0.25, 0.3) is 0 Å². The van der Waals surface area contributed by atoms with Crippen LogP contribution < -0.4 is 0 Å². The van der Waals surface area contributed by atoms with E-state index in [1.165, 1.54) is 6.20 Å². The molecule has 0 unspecified atom stereocenters. The van der Waals surface area contributed by atoms with E-state index in [1.807, 2.05) is 6.07 Å². The van der Waals surface area contributed by atoms with Crippen LogP contribution >= 0.6 is 11.6 Å². The van der Waals surface area contributed by atoms with Crippen LogP contribution in [0.25, 0.3) is 0 Å². The van der Waals surface area contributed by atoms with Gasteiger partial charge in [0.15, 0.2) is 5.69 Å². The van der Waals surface area contributed by atoms with E-state index in [9.17, 15) is 0 Å². The minimum absolute atomic E-state index is 0.235. The lowest BCUT2D eigenvalue weighted by Crippen LogP contribution is -1.85. The van der Waals surface area contributed by atoms with E-state index in [0.717, 1.165) is 5.56 Å². The maximum Gasteiger partial charge on any atom is 0.159 e. The Morgan fingerprint density at radius 1 is 1.58 bits per heavy atom. The van der Waals surface area contributed by atoms with Crippen LogP contribution in [0.15, 0.2) is 12.3 Å². The molecule has 0 fully saturated rings. The van der Waals surface area contributed by atoms with E-state index in [2.05, 4.69) is 16.8 Å². The third-order valence-corrected chi connectivity index (χ3v) is 1.50. The number of halogens is 1. The van der Waals surface area contributed by atoms with Crippen LogP contribution in [0.5, 0.6) is 0 Å². The summed E-state index contributed by atoms with van der Waals surface area (Å²) < 4.78 is 0. The molecule has 0 amide bonds. The molecule has 0 radical (unpaired) electrons. The molecule has 1 heterocycles. The molecule has 1 aromatic rings. The van der Waals surface area contributed by atoms with Crippen LogP contribution in [0.4, 0.5) is 0 Å². The second kappa shape index (κ2) is 3.76. The minimum Gasteiger partial charge on any atom is -0.243 e. The second-order valence-corrected chi connectivity index (χ2v) is 2.45. The van der Waals surface area contributed by atoms with Crippen LogP contribution in [0.1, 0.15) is 18.2 Å². The first-order valence-electron chi connectivity index (χ1n) is 3.26. The van der Waals surface area contributed by atoms with Gasteiger partial charge in [-0.3, -0.25) is 0 Å². The fourth-order valence-electron chi connectivity index (χ4n) is 0.733. The molecule has 12 heavy (non-hydrogen) atoms. The summed E-state index contributed by atoms with van der Waals surface area (Å²) in [6.07, 6.45) is 1.53. The standard InChI is InChI=1S/C9H5ClN2/c1-2-3-7-4-8(10)9(5-11)12-6-7/h4,6H,1H3. The Labute approximate surface area is 75.8 Å².